The van der Waals surface area contributed by atoms with Crippen molar-refractivity contribution in [3.05, 3.63) is 65.2 Å². The summed E-state index contributed by atoms with van der Waals surface area (Å²) >= 11 is 0. The number of carbonyl (C=O) groups excluding carboxylic acids is 2. The molecule has 0 aliphatic carbocycles. The molecule has 26 heavy (non-hydrogen) atoms. The van der Waals surface area contributed by atoms with Gasteiger partial charge in [0.05, 0.1) is 0 Å². The monoisotopic (exact) mass is 352 g/mol. The number of anilines is 1. The number of para-hydroxylation sites is 1. The lowest BCUT2D eigenvalue weighted by Crippen LogP contribution is -2.37. The topological polar surface area (TPSA) is 49.4 Å². The third-order valence-electron chi connectivity index (χ3n) is 4.41. The van der Waals surface area contributed by atoms with Crippen LogP contribution in [0.4, 0.5) is 5.69 Å². The first-order valence-corrected chi connectivity index (χ1v) is 9.04. The molecular formula is C22H28N2O2. The summed E-state index contributed by atoms with van der Waals surface area (Å²) in [4.78, 5) is 26.6. The minimum absolute atomic E-state index is 0.251. The molecule has 2 aromatic carbocycles. The van der Waals surface area contributed by atoms with E-state index >= 15 is 0 Å². The largest absolute Gasteiger partial charge is 0.333 e. The summed E-state index contributed by atoms with van der Waals surface area (Å²) in [6.07, 6.45) is 0. The van der Waals surface area contributed by atoms with Crippen LogP contribution in [0.2, 0.25) is 0 Å². The zero-order valence-corrected chi connectivity index (χ0v) is 16.2. The lowest BCUT2D eigenvalue weighted by Gasteiger charge is -2.21. The minimum atomic E-state index is -0.599. The number of nitrogens with one attached hydrogen (secondary N) is 1. The molecule has 0 fully saturated rings. The quantitative estimate of drug-likeness (QED) is 0.804. The van der Waals surface area contributed by atoms with E-state index in [1.165, 1.54) is 4.90 Å². The van der Waals surface area contributed by atoms with Gasteiger partial charge in [0.25, 0.3) is 0 Å². The number of hydrogen-bond donors (Lipinski definition) is 1. The maximum absolute atomic E-state index is 12.6. The van der Waals surface area contributed by atoms with E-state index in [-0.39, 0.29) is 11.8 Å². The van der Waals surface area contributed by atoms with E-state index in [4.69, 9.17) is 0 Å². The van der Waals surface area contributed by atoms with E-state index in [2.05, 4.69) is 33.0 Å². The first-order valence-electron chi connectivity index (χ1n) is 9.04. The van der Waals surface area contributed by atoms with Crippen LogP contribution in [0.1, 0.15) is 56.2 Å². The maximum atomic E-state index is 12.6. The average molecular weight is 352 g/mol. The van der Waals surface area contributed by atoms with Crippen molar-refractivity contribution < 1.29 is 9.59 Å². The standard InChI is InChI=1S/C22H28N2O2/c1-15(2)18-12-9-13-19(16(3)4)20(18)23-21(25)22(26)24(5)14-17-10-7-6-8-11-17/h6-13,15-16H,14H2,1-5H3,(H,23,25). The van der Waals surface area contributed by atoms with Crippen LogP contribution < -0.4 is 5.32 Å². The highest BCUT2D eigenvalue weighted by molar-refractivity contribution is 6.39. The molecule has 0 saturated carbocycles. The highest BCUT2D eigenvalue weighted by Crippen LogP contribution is 2.32. The number of nitrogens with zero attached hydrogens (tertiary/aromatic N) is 1. The fourth-order valence-electron chi connectivity index (χ4n) is 2.96. The van der Waals surface area contributed by atoms with Crippen molar-refractivity contribution >= 4 is 17.5 Å². The number of rotatable bonds is 5. The summed E-state index contributed by atoms with van der Waals surface area (Å²) in [6, 6.07) is 15.6. The van der Waals surface area contributed by atoms with E-state index in [1.54, 1.807) is 7.05 Å². The number of carbonyl (C=O) groups is 2. The fourth-order valence-corrected chi connectivity index (χ4v) is 2.96. The van der Waals surface area contributed by atoms with Gasteiger partial charge >= 0.3 is 11.8 Å². The molecule has 0 bridgehead atoms. The molecular weight excluding hydrogens is 324 g/mol. The molecule has 0 radical (unpaired) electrons. The minimum Gasteiger partial charge on any atom is -0.333 e. The Morgan fingerprint density at radius 2 is 1.42 bits per heavy atom. The van der Waals surface area contributed by atoms with Crippen molar-refractivity contribution in [2.24, 2.45) is 0 Å². The summed E-state index contributed by atoms with van der Waals surface area (Å²) in [5, 5.41) is 2.88. The van der Waals surface area contributed by atoms with Gasteiger partial charge in [0.2, 0.25) is 0 Å². The molecule has 0 unspecified atom stereocenters. The molecule has 0 heterocycles. The highest BCUT2D eigenvalue weighted by atomic mass is 16.2. The summed E-state index contributed by atoms with van der Waals surface area (Å²) in [7, 11) is 1.65. The van der Waals surface area contributed by atoms with Gasteiger partial charge in [-0.05, 0) is 28.5 Å². The van der Waals surface area contributed by atoms with Crippen LogP contribution in [0.5, 0.6) is 0 Å². The second kappa shape index (κ2) is 8.65. The number of likely N-dealkylation sites (N-methyl/N-ethyl adjacent to an activating group) is 1. The predicted molar refractivity (Wildman–Crippen MR) is 106 cm³/mol. The van der Waals surface area contributed by atoms with Crippen molar-refractivity contribution in [2.75, 3.05) is 12.4 Å². The molecule has 0 atom stereocenters. The van der Waals surface area contributed by atoms with Crippen molar-refractivity contribution in [1.29, 1.82) is 0 Å². The summed E-state index contributed by atoms with van der Waals surface area (Å²) in [5.74, 6) is -0.636. The lowest BCUT2D eigenvalue weighted by molar-refractivity contribution is -0.142. The van der Waals surface area contributed by atoms with Gasteiger partial charge in [0.1, 0.15) is 0 Å². The van der Waals surface area contributed by atoms with Gasteiger partial charge in [-0.1, -0.05) is 76.2 Å². The summed E-state index contributed by atoms with van der Waals surface area (Å²) < 4.78 is 0. The van der Waals surface area contributed by atoms with Gasteiger partial charge < -0.3 is 10.2 Å². The molecule has 0 aliphatic rings. The first kappa shape index (κ1) is 19.7. The van der Waals surface area contributed by atoms with Crippen LogP contribution in [0.3, 0.4) is 0 Å². The third kappa shape index (κ3) is 4.72. The Balaban J connectivity index is 2.19. The molecule has 0 saturated heterocycles. The van der Waals surface area contributed by atoms with Crippen molar-refractivity contribution in [1.82, 2.24) is 4.90 Å². The van der Waals surface area contributed by atoms with Crippen LogP contribution in [0.15, 0.2) is 48.5 Å². The van der Waals surface area contributed by atoms with Gasteiger partial charge in [0.15, 0.2) is 0 Å². The van der Waals surface area contributed by atoms with Crippen molar-refractivity contribution in [3.63, 3.8) is 0 Å². The molecule has 0 aromatic heterocycles. The van der Waals surface area contributed by atoms with E-state index in [0.29, 0.717) is 6.54 Å². The van der Waals surface area contributed by atoms with Gasteiger partial charge in [-0.25, -0.2) is 0 Å². The average Bonchev–Trinajstić information content (AvgIpc) is 2.61. The fraction of sp³-hybridized carbons (Fsp3) is 0.364. The van der Waals surface area contributed by atoms with E-state index in [0.717, 1.165) is 22.4 Å². The van der Waals surface area contributed by atoms with E-state index in [1.807, 2.05) is 48.5 Å². The Hall–Kier alpha value is -2.62. The van der Waals surface area contributed by atoms with E-state index in [9.17, 15) is 9.59 Å². The molecule has 2 aromatic rings. The number of benzene rings is 2. The predicted octanol–water partition coefficient (Wildman–Crippen LogP) is 4.53. The van der Waals surface area contributed by atoms with Gasteiger partial charge in [-0.3, -0.25) is 9.59 Å². The van der Waals surface area contributed by atoms with Crippen molar-refractivity contribution in [2.45, 2.75) is 46.1 Å². The zero-order chi connectivity index (χ0) is 19.3. The Kier molecular flexibility index (Phi) is 6.56. The zero-order valence-electron chi connectivity index (χ0n) is 16.2. The summed E-state index contributed by atoms with van der Waals surface area (Å²) in [6.45, 7) is 8.73. The Bertz CT molecular complexity index is 741. The molecule has 138 valence electrons. The summed E-state index contributed by atoms with van der Waals surface area (Å²) in [5.41, 5.74) is 3.84. The molecule has 0 spiro atoms. The third-order valence-corrected chi connectivity index (χ3v) is 4.41. The lowest BCUT2D eigenvalue weighted by atomic mass is 9.92. The second-order valence-corrected chi connectivity index (χ2v) is 7.22. The molecule has 4 heteroatoms. The number of amides is 2. The highest BCUT2D eigenvalue weighted by Gasteiger charge is 2.22. The van der Waals surface area contributed by atoms with Crippen LogP contribution >= 0.6 is 0 Å². The molecule has 2 rings (SSSR count). The second-order valence-electron chi connectivity index (χ2n) is 7.22. The first-order chi connectivity index (χ1) is 12.3. The van der Waals surface area contributed by atoms with E-state index < -0.39 is 11.8 Å². The van der Waals surface area contributed by atoms with Gasteiger partial charge in [-0.2, -0.15) is 0 Å². The molecule has 0 aliphatic heterocycles. The normalized spacial score (nSPS) is 10.9. The van der Waals surface area contributed by atoms with Crippen molar-refractivity contribution in [3.8, 4) is 0 Å². The Morgan fingerprint density at radius 3 is 1.92 bits per heavy atom. The van der Waals surface area contributed by atoms with Crippen LogP contribution in [0, 0.1) is 0 Å². The van der Waals surface area contributed by atoms with Crippen LogP contribution in [-0.4, -0.2) is 23.8 Å². The van der Waals surface area contributed by atoms with Crippen LogP contribution in [0.25, 0.3) is 0 Å². The smallest absolute Gasteiger partial charge is 0.313 e. The Morgan fingerprint density at radius 1 is 0.885 bits per heavy atom. The Labute approximate surface area is 156 Å². The maximum Gasteiger partial charge on any atom is 0.313 e. The van der Waals surface area contributed by atoms with Gasteiger partial charge in [-0.15, -0.1) is 0 Å². The SMILES string of the molecule is CC(C)c1cccc(C(C)C)c1NC(=O)C(=O)N(C)Cc1ccccc1. The number of hydrogen-bond acceptors (Lipinski definition) is 2. The molecule has 2 amide bonds. The van der Waals surface area contributed by atoms with Crippen LogP contribution in [-0.2, 0) is 16.1 Å². The molecule has 1 N–H and O–H groups in total. The van der Waals surface area contributed by atoms with Gasteiger partial charge in [0, 0.05) is 19.3 Å². The molecule has 4 nitrogen and oxygen atoms in total.